The molecular formula is C19H21N3O4. The van der Waals surface area contributed by atoms with Crippen LogP contribution in [-0.2, 0) is 22.6 Å². The third-order valence-electron chi connectivity index (χ3n) is 6.06. The normalized spacial score (nSPS) is 26.5. The van der Waals surface area contributed by atoms with Crippen molar-refractivity contribution in [3.63, 3.8) is 0 Å². The standard InChI is InChI=1S/C19H21N3O4/c23-16-2-1-14(17(24)21-16)22-10-12-7-11-9-19(3-5-20-6-4-19)26-15(11)8-13(12)18(22)25/h7-8,14,20H,1-6,9-10H2,(H,21,23,24). The van der Waals surface area contributed by atoms with Crippen LogP contribution in [0.4, 0.5) is 0 Å². The number of ether oxygens (including phenoxy) is 1. The van der Waals surface area contributed by atoms with Gasteiger partial charge in [0.15, 0.2) is 0 Å². The summed E-state index contributed by atoms with van der Waals surface area (Å²) in [6.45, 7) is 2.33. The third kappa shape index (κ3) is 2.34. The van der Waals surface area contributed by atoms with Crippen LogP contribution >= 0.6 is 0 Å². The monoisotopic (exact) mass is 355 g/mol. The Morgan fingerprint density at radius 1 is 1.12 bits per heavy atom. The van der Waals surface area contributed by atoms with Crippen molar-refractivity contribution in [2.75, 3.05) is 13.1 Å². The molecule has 1 aromatic rings. The van der Waals surface area contributed by atoms with Crippen LogP contribution in [0.5, 0.6) is 5.75 Å². The minimum Gasteiger partial charge on any atom is -0.487 e. The van der Waals surface area contributed by atoms with Gasteiger partial charge in [0.05, 0.1) is 0 Å². The number of nitrogens with zero attached hydrogens (tertiary/aromatic N) is 1. The van der Waals surface area contributed by atoms with Crippen molar-refractivity contribution in [1.82, 2.24) is 15.5 Å². The zero-order chi connectivity index (χ0) is 17.9. The van der Waals surface area contributed by atoms with E-state index in [1.165, 1.54) is 0 Å². The number of nitrogens with one attached hydrogen (secondary N) is 2. The van der Waals surface area contributed by atoms with Gasteiger partial charge in [-0.2, -0.15) is 0 Å². The average molecular weight is 355 g/mol. The van der Waals surface area contributed by atoms with E-state index >= 15 is 0 Å². The first kappa shape index (κ1) is 15.8. The smallest absolute Gasteiger partial charge is 0.255 e. The molecule has 7 heteroatoms. The summed E-state index contributed by atoms with van der Waals surface area (Å²) in [5.74, 6) is 0.0196. The first-order valence-electron chi connectivity index (χ1n) is 9.25. The van der Waals surface area contributed by atoms with Gasteiger partial charge >= 0.3 is 0 Å². The summed E-state index contributed by atoms with van der Waals surface area (Å²) in [4.78, 5) is 38.0. The van der Waals surface area contributed by atoms with E-state index in [9.17, 15) is 14.4 Å². The van der Waals surface area contributed by atoms with Crippen molar-refractivity contribution >= 4 is 17.7 Å². The van der Waals surface area contributed by atoms with E-state index in [2.05, 4.69) is 16.7 Å². The molecule has 2 N–H and O–H groups in total. The average Bonchev–Trinajstić information content (AvgIpc) is 3.10. The SMILES string of the molecule is O=C1CCC(N2Cc3cc4c(cc3C2=O)OC2(CCNCC2)C4)C(=O)N1. The third-order valence-corrected chi connectivity index (χ3v) is 6.06. The van der Waals surface area contributed by atoms with Crippen molar-refractivity contribution in [3.8, 4) is 5.75 Å². The lowest BCUT2D eigenvalue weighted by Gasteiger charge is -2.33. The Morgan fingerprint density at radius 2 is 1.92 bits per heavy atom. The van der Waals surface area contributed by atoms with E-state index in [-0.39, 0.29) is 29.7 Å². The maximum Gasteiger partial charge on any atom is 0.255 e. The van der Waals surface area contributed by atoms with Gasteiger partial charge in [-0.15, -0.1) is 0 Å². The Kier molecular flexibility index (Phi) is 3.37. The van der Waals surface area contributed by atoms with Crippen LogP contribution in [0.25, 0.3) is 0 Å². The second kappa shape index (κ2) is 5.54. The first-order valence-corrected chi connectivity index (χ1v) is 9.25. The summed E-state index contributed by atoms with van der Waals surface area (Å²) in [5, 5.41) is 5.70. The molecule has 4 aliphatic heterocycles. The number of benzene rings is 1. The van der Waals surface area contributed by atoms with Gasteiger partial charge in [0.25, 0.3) is 5.91 Å². The molecule has 1 spiro atoms. The number of hydrogen-bond acceptors (Lipinski definition) is 5. The molecule has 1 atom stereocenters. The Balaban J connectivity index is 1.40. The molecule has 2 fully saturated rings. The van der Waals surface area contributed by atoms with Gasteiger partial charge in [-0.25, -0.2) is 0 Å². The Bertz CT molecular complexity index is 828. The highest BCUT2D eigenvalue weighted by Crippen LogP contribution is 2.43. The Hall–Kier alpha value is -2.41. The molecule has 0 saturated carbocycles. The van der Waals surface area contributed by atoms with Gasteiger partial charge in [0.2, 0.25) is 11.8 Å². The van der Waals surface area contributed by atoms with Crippen LogP contribution in [0.1, 0.15) is 47.2 Å². The van der Waals surface area contributed by atoms with Crippen LogP contribution < -0.4 is 15.4 Å². The minimum absolute atomic E-state index is 0.130. The largest absolute Gasteiger partial charge is 0.487 e. The predicted octanol–water partition coefficient (Wildman–Crippen LogP) is 0.505. The zero-order valence-corrected chi connectivity index (χ0v) is 14.5. The van der Waals surface area contributed by atoms with Gasteiger partial charge in [0, 0.05) is 24.9 Å². The molecule has 5 rings (SSSR count). The number of rotatable bonds is 1. The van der Waals surface area contributed by atoms with E-state index in [1.54, 1.807) is 4.90 Å². The summed E-state index contributed by atoms with van der Waals surface area (Å²) < 4.78 is 6.29. The second-order valence-corrected chi connectivity index (χ2v) is 7.73. The lowest BCUT2D eigenvalue weighted by molar-refractivity contribution is -0.136. The predicted molar refractivity (Wildman–Crippen MR) is 91.7 cm³/mol. The van der Waals surface area contributed by atoms with Crippen molar-refractivity contribution in [3.05, 3.63) is 28.8 Å². The van der Waals surface area contributed by atoms with Crippen LogP contribution in [-0.4, -0.2) is 47.4 Å². The number of piperidine rings is 2. The molecule has 26 heavy (non-hydrogen) atoms. The molecule has 4 aliphatic rings. The number of carbonyl (C=O) groups excluding carboxylic acids is 3. The van der Waals surface area contributed by atoms with Crippen LogP contribution in [0.2, 0.25) is 0 Å². The molecule has 3 amide bonds. The Labute approximate surface area is 151 Å². The van der Waals surface area contributed by atoms with Gasteiger partial charge in [-0.1, -0.05) is 0 Å². The zero-order valence-electron chi connectivity index (χ0n) is 14.5. The second-order valence-electron chi connectivity index (χ2n) is 7.73. The van der Waals surface area contributed by atoms with Gasteiger partial charge in [-0.05, 0) is 55.6 Å². The summed E-state index contributed by atoms with van der Waals surface area (Å²) in [6, 6.07) is 3.36. The topological polar surface area (TPSA) is 87.7 Å². The fraction of sp³-hybridized carbons (Fsp3) is 0.526. The van der Waals surface area contributed by atoms with Crippen molar-refractivity contribution in [1.29, 1.82) is 0 Å². The van der Waals surface area contributed by atoms with Gasteiger partial charge < -0.3 is 15.0 Å². The van der Waals surface area contributed by atoms with E-state index in [4.69, 9.17) is 4.74 Å². The number of hydrogen-bond donors (Lipinski definition) is 2. The van der Waals surface area contributed by atoms with Gasteiger partial charge in [0.1, 0.15) is 17.4 Å². The minimum atomic E-state index is -0.570. The molecule has 0 aromatic heterocycles. The Morgan fingerprint density at radius 3 is 2.69 bits per heavy atom. The highest BCUT2D eigenvalue weighted by molar-refractivity contribution is 6.05. The number of imide groups is 1. The first-order chi connectivity index (χ1) is 12.5. The molecular weight excluding hydrogens is 334 g/mol. The van der Waals surface area contributed by atoms with E-state index in [1.807, 2.05) is 6.07 Å². The number of amides is 3. The van der Waals surface area contributed by atoms with Gasteiger partial charge in [-0.3, -0.25) is 19.7 Å². The molecule has 7 nitrogen and oxygen atoms in total. The van der Waals surface area contributed by atoms with Crippen molar-refractivity contribution in [2.45, 2.75) is 50.3 Å². The van der Waals surface area contributed by atoms with Crippen LogP contribution in [0, 0.1) is 0 Å². The molecule has 0 aliphatic carbocycles. The van der Waals surface area contributed by atoms with E-state index in [0.717, 1.165) is 49.2 Å². The highest BCUT2D eigenvalue weighted by atomic mass is 16.5. The number of carbonyl (C=O) groups is 3. The quantitative estimate of drug-likeness (QED) is 0.717. The maximum atomic E-state index is 12.9. The fourth-order valence-corrected chi connectivity index (χ4v) is 4.66. The summed E-state index contributed by atoms with van der Waals surface area (Å²) in [6.07, 6.45) is 3.48. The molecule has 0 bridgehead atoms. The lowest BCUT2D eigenvalue weighted by Crippen LogP contribution is -2.52. The highest BCUT2D eigenvalue weighted by Gasteiger charge is 2.44. The molecule has 2 saturated heterocycles. The van der Waals surface area contributed by atoms with Crippen LogP contribution in [0.3, 0.4) is 0 Å². The molecule has 0 radical (unpaired) electrons. The van der Waals surface area contributed by atoms with Crippen molar-refractivity contribution in [2.24, 2.45) is 0 Å². The van der Waals surface area contributed by atoms with E-state index in [0.29, 0.717) is 18.5 Å². The van der Waals surface area contributed by atoms with Crippen LogP contribution in [0.15, 0.2) is 12.1 Å². The summed E-state index contributed by atoms with van der Waals surface area (Å²) in [7, 11) is 0. The lowest BCUT2D eigenvalue weighted by atomic mass is 9.87. The molecule has 1 aromatic carbocycles. The van der Waals surface area contributed by atoms with Crippen molar-refractivity contribution < 1.29 is 19.1 Å². The molecule has 1 unspecified atom stereocenters. The van der Waals surface area contributed by atoms with E-state index < -0.39 is 6.04 Å². The summed E-state index contributed by atoms with van der Waals surface area (Å²) >= 11 is 0. The fourth-order valence-electron chi connectivity index (χ4n) is 4.66. The molecule has 4 heterocycles. The maximum absolute atomic E-state index is 12.9. The number of fused-ring (bicyclic) bond motifs is 2. The summed E-state index contributed by atoms with van der Waals surface area (Å²) in [5.41, 5.74) is 2.60. The molecule has 136 valence electrons.